The van der Waals surface area contributed by atoms with Crippen molar-refractivity contribution >= 4 is 5.78 Å². The van der Waals surface area contributed by atoms with Crippen LogP contribution in [0.15, 0.2) is 41.7 Å². The summed E-state index contributed by atoms with van der Waals surface area (Å²) in [6.07, 6.45) is 0.387. The Morgan fingerprint density at radius 3 is 2.81 bits per heavy atom. The summed E-state index contributed by atoms with van der Waals surface area (Å²) in [7, 11) is 0. The number of para-hydroxylation sites is 2. The summed E-state index contributed by atoms with van der Waals surface area (Å²) < 4.78 is 12.2. The van der Waals surface area contributed by atoms with Gasteiger partial charge in [0.2, 0.25) is 11.7 Å². The van der Waals surface area contributed by atoms with Gasteiger partial charge in [-0.2, -0.15) is 5.26 Å². The van der Waals surface area contributed by atoms with Gasteiger partial charge in [-0.25, -0.2) is 0 Å². The van der Waals surface area contributed by atoms with E-state index in [1.54, 1.807) is 30.3 Å². The zero-order chi connectivity index (χ0) is 18.8. The molecule has 0 saturated carbocycles. The second-order valence-corrected chi connectivity index (χ2v) is 5.74. The number of rotatable bonds is 4. The molecule has 26 heavy (non-hydrogen) atoms. The topological polar surface area (TPSA) is 102 Å². The molecule has 7 heteroatoms. The number of pyridine rings is 1. The molecule has 0 fully saturated rings. The average molecular weight is 352 g/mol. The van der Waals surface area contributed by atoms with E-state index in [2.05, 4.69) is 6.58 Å². The molecule has 132 valence electrons. The highest BCUT2D eigenvalue weighted by atomic mass is 16.6. The Hall–Kier alpha value is -3.53. The Bertz CT molecular complexity index is 1000. The normalized spacial score (nSPS) is 15.2. The number of Topliss-reactive ketones (excluding diaryl/α,β-unsaturated/α-hetero) is 1. The summed E-state index contributed by atoms with van der Waals surface area (Å²) in [4.78, 5) is 25.3. The van der Waals surface area contributed by atoms with Gasteiger partial charge < -0.3 is 14.6 Å². The summed E-state index contributed by atoms with van der Waals surface area (Å²) in [5.41, 5.74) is -0.894. The molecule has 1 aromatic carbocycles. The van der Waals surface area contributed by atoms with Crippen LogP contribution in [0.25, 0.3) is 0 Å². The molecule has 2 heterocycles. The van der Waals surface area contributed by atoms with Crippen molar-refractivity contribution in [3.8, 4) is 23.4 Å². The number of carbonyl (C=O) groups is 1. The van der Waals surface area contributed by atoms with Crippen molar-refractivity contribution in [3.05, 3.63) is 64.0 Å². The summed E-state index contributed by atoms with van der Waals surface area (Å²) in [5, 5.41) is 19.8. The van der Waals surface area contributed by atoms with E-state index in [0.717, 1.165) is 4.57 Å². The summed E-state index contributed by atoms with van der Waals surface area (Å²) >= 11 is 0. The van der Waals surface area contributed by atoms with Crippen LogP contribution < -0.4 is 15.0 Å². The highest BCUT2D eigenvalue weighted by molar-refractivity contribution is 6.03. The largest absolute Gasteiger partial charge is 0.494 e. The predicted molar refractivity (Wildman–Crippen MR) is 92.7 cm³/mol. The number of aromatic nitrogens is 1. The first-order valence-electron chi connectivity index (χ1n) is 7.89. The standard InChI is InChI=1S/C19H16N2O5/c1-3-8-21-18(23)12(9-20)11(2)16(19(21)24)17(22)15-10-25-13-6-4-5-7-14(13)26-15/h3-7,15,24H,1,8,10H2,2H3. The van der Waals surface area contributed by atoms with E-state index < -0.39 is 23.3 Å². The number of allylic oxidation sites excluding steroid dienone is 1. The van der Waals surface area contributed by atoms with Gasteiger partial charge in [0.15, 0.2) is 17.6 Å². The molecule has 1 unspecified atom stereocenters. The smallest absolute Gasteiger partial charge is 0.271 e. The van der Waals surface area contributed by atoms with Crippen molar-refractivity contribution in [2.24, 2.45) is 0 Å². The first-order chi connectivity index (χ1) is 12.5. The molecule has 1 atom stereocenters. The molecule has 7 nitrogen and oxygen atoms in total. The van der Waals surface area contributed by atoms with Gasteiger partial charge >= 0.3 is 0 Å². The number of fused-ring (bicyclic) bond motifs is 1. The summed E-state index contributed by atoms with van der Waals surface area (Å²) in [6.45, 7) is 4.89. The van der Waals surface area contributed by atoms with E-state index >= 15 is 0 Å². The maximum absolute atomic E-state index is 13.0. The van der Waals surface area contributed by atoms with Crippen LogP contribution in [0, 0.1) is 18.3 Å². The predicted octanol–water partition coefficient (Wildman–Crippen LogP) is 1.94. The number of nitrogens with zero attached hydrogens (tertiary/aromatic N) is 2. The number of hydrogen-bond acceptors (Lipinski definition) is 6. The molecule has 0 amide bonds. The Labute approximate surface area is 149 Å². The molecule has 0 saturated heterocycles. The molecule has 0 radical (unpaired) electrons. The molecular formula is C19H16N2O5. The van der Waals surface area contributed by atoms with Crippen LogP contribution in [0.3, 0.4) is 0 Å². The highest BCUT2D eigenvalue weighted by Crippen LogP contribution is 2.33. The first kappa shape index (κ1) is 17.3. The third-order valence-corrected chi connectivity index (χ3v) is 4.16. The fraction of sp³-hybridized carbons (Fsp3) is 0.211. The maximum atomic E-state index is 13.0. The number of hydrogen-bond donors (Lipinski definition) is 1. The van der Waals surface area contributed by atoms with Gasteiger partial charge in [0.05, 0.1) is 5.56 Å². The minimum absolute atomic E-state index is 0.0369. The number of aromatic hydroxyl groups is 1. The molecule has 1 N–H and O–H groups in total. The van der Waals surface area contributed by atoms with Crippen molar-refractivity contribution in [2.45, 2.75) is 19.6 Å². The number of benzene rings is 1. The van der Waals surface area contributed by atoms with E-state index in [1.807, 2.05) is 0 Å². The van der Waals surface area contributed by atoms with Crippen molar-refractivity contribution in [1.29, 1.82) is 5.26 Å². The monoisotopic (exact) mass is 352 g/mol. The molecule has 1 aliphatic heterocycles. The Morgan fingerprint density at radius 2 is 2.15 bits per heavy atom. The van der Waals surface area contributed by atoms with Crippen LogP contribution >= 0.6 is 0 Å². The fourth-order valence-corrected chi connectivity index (χ4v) is 2.85. The Balaban J connectivity index is 2.08. The molecular weight excluding hydrogens is 336 g/mol. The van der Waals surface area contributed by atoms with E-state index in [9.17, 15) is 20.0 Å². The maximum Gasteiger partial charge on any atom is 0.271 e. The first-order valence-corrected chi connectivity index (χ1v) is 7.89. The van der Waals surface area contributed by atoms with Crippen LogP contribution in [-0.4, -0.2) is 28.2 Å². The van der Waals surface area contributed by atoms with E-state index in [-0.39, 0.29) is 29.8 Å². The zero-order valence-electron chi connectivity index (χ0n) is 14.1. The third kappa shape index (κ3) is 2.71. The van der Waals surface area contributed by atoms with Crippen molar-refractivity contribution in [2.75, 3.05) is 6.61 Å². The molecule has 1 aliphatic rings. The average Bonchev–Trinajstić information content (AvgIpc) is 2.65. The van der Waals surface area contributed by atoms with Crippen LogP contribution in [0.2, 0.25) is 0 Å². The highest BCUT2D eigenvalue weighted by Gasteiger charge is 2.33. The number of carbonyl (C=O) groups excluding carboxylic acids is 1. The van der Waals surface area contributed by atoms with Gasteiger partial charge in [0.25, 0.3) is 5.56 Å². The fourth-order valence-electron chi connectivity index (χ4n) is 2.85. The molecule has 0 aliphatic carbocycles. The SMILES string of the molecule is C=CCn1c(O)c(C(=O)C2COc3ccccc3O2)c(C)c(C#N)c1=O. The number of ether oxygens (including phenoxy) is 2. The lowest BCUT2D eigenvalue weighted by Crippen LogP contribution is -2.38. The van der Waals surface area contributed by atoms with E-state index in [0.29, 0.717) is 11.5 Å². The quantitative estimate of drug-likeness (QED) is 0.666. The molecule has 2 aromatic rings. The molecule has 3 rings (SSSR count). The van der Waals surface area contributed by atoms with E-state index in [1.165, 1.54) is 13.0 Å². The van der Waals surface area contributed by atoms with Crippen molar-refractivity contribution in [3.63, 3.8) is 0 Å². The minimum atomic E-state index is -1.00. The van der Waals surface area contributed by atoms with Crippen molar-refractivity contribution < 1.29 is 19.4 Å². The number of ketones is 1. The summed E-state index contributed by atoms with van der Waals surface area (Å²) in [6, 6.07) is 8.72. The Morgan fingerprint density at radius 1 is 1.46 bits per heavy atom. The van der Waals surface area contributed by atoms with Crippen LogP contribution in [0.1, 0.15) is 21.5 Å². The van der Waals surface area contributed by atoms with Crippen LogP contribution in [0.5, 0.6) is 17.4 Å². The van der Waals surface area contributed by atoms with Gasteiger partial charge in [-0.15, -0.1) is 6.58 Å². The molecule has 0 bridgehead atoms. The lowest BCUT2D eigenvalue weighted by molar-refractivity contribution is 0.0581. The third-order valence-electron chi connectivity index (χ3n) is 4.16. The van der Waals surface area contributed by atoms with Gasteiger partial charge in [-0.3, -0.25) is 14.2 Å². The van der Waals surface area contributed by atoms with E-state index in [4.69, 9.17) is 9.47 Å². The minimum Gasteiger partial charge on any atom is -0.494 e. The van der Waals surface area contributed by atoms with Crippen molar-refractivity contribution in [1.82, 2.24) is 4.57 Å². The lowest BCUT2D eigenvalue weighted by Gasteiger charge is -2.26. The number of nitriles is 1. The molecule has 0 spiro atoms. The second-order valence-electron chi connectivity index (χ2n) is 5.74. The van der Waals surface area contributed by atoms with Gasteiger partial charge in [-0.05, 0) is 24.6 Å². The van der Waals surface area contributed by atoms with Crippen LogP contribution in [0.4, 0.5) is 0 Å². The van der Waals surface area contributed by atoms with Crippen LogP contribution in [-0.2, 0) is 6.54 Å². The molecule has 1 aromatic heterocycles. The van der Waals surface area contributed by atoms with Gasteiger partial charge in [-0.1, -0.05) is 18.2 Å². The second kappa shape index (κ2) is 6.76. The van der Waals surface area contributed by atoms with Gasteiger partial charge in [0.1, 0.15) is 18.2 Å². The zero-order valence-corrected chi connectivity index (χ0v) is 14.1. The van der Waals surface area contributed by atoms with Gasteiger partial charge in [0, 0.05) is 6.54 Å². The lowest BCUT2D eigenvalue weighted by atomic mass is 9.98. The Kier molecular flexibility index (Phi) is 4.50. The summed E-state index contributed by atoms with van der Waals surface area (Å²) in [5.74, 6) is -0.149.